The van der Waals surface area contributed by atoms with Gasteiger partial charge in [-0.05, 0) is 38.8 Å². The molecule has 21 heavy (non-hydrogen) atoms. The third-order valence-corrected chi connectivity index (χ3v) is 3.57. The number of hydrogen-bond donors (Lipinski definition) is 2. The van der Waals surface area contributed by atoms with Gasteiger partial charge in [0.1, 0.15) is 18.5 Å². The summed E-state index contributed by atoms with van der Waals surface area (Å²) in [5.74, 6) is 0.730. The van der Waals surface area contributed by atoms with Crippen LogP contribution >= 0.6 is 0 Å². The molecule has 0 saturated carbocycles. The molecule has 1 heterocycles. The lowest BCUT2D eigenvalue weighted by Gasteiger charge is -2.18. The number of benzene rings is 1. The molecule has 0 aromatic heterocycles. The van der Waals surface area contributed by atoms with Crippen molar-refractivity contribution in [2.75, 3.05) is 13.2 Å². The van der Waals surface area contributed by atoms with Gasteiger partial charge in [0.05, 0.1) is 12.1 Å². The number of rotatable bonds is 6. The van der Waals surface area contributed by atoms with Gasteiger partial charge in [-0.15, -0.1) is 0 Å². The van der Waals surface area contributed by atoms with Crippen molar-refractivity contribution in [3.8, 4) is 5.75 Å². The van der Waals surface area contributed by atoms with Gasteiger partial charge in [0.25, 0.3) is 0 Å². The van der Waals surface area contributed by atoms with Crippen LogP contribution in [0.3, 0.4) is 0 Å². The highest BCUT2D eigenvalue weighted by Gasteiger charge is 2.30. The standard InChI is InChI=1S/C16H24N2O3/c1-11-3-5-13(6-4-11)20-10-12(2)18-16(19)15-8-7-14(9-17)21-15/h3-6,12,14-15H,7-10,17H2,1-2H3,(H,18,19). The molecular weight excluding hydrogens is 268 g/mol. The van der Waals surface area contributed by atoms with Crippen LogP contribution in [-0.4, -0.2) is 37.3 Å². The fraction of sp³-hybridized carbons (Fsp3) is 0.562. The highest BCUT2D eigenvalue weighted by atomic mass is 16.5. The van der Waals surface area contributed by atoms with Crippen LogP contribution in [0.25, 0.3) is 0 Å². The molecule has 1 aromatic carbocycles. The van der Waals surface area contributed by atoms with Crippen molar-refractivity contribution < 1.29 is 14.3 Å². The summed E-state index contributed by atoms with van der Waals surface area (Å²) in [4.78, 5) is 12.0. The predicted octanol–water partition coefficient (Wildman–Crippen LogP) is 1.38. The fourth-order valence-electron chi connectivity index (χ4n) is 2.31. The third-order valence-electron chi connectivity index (χ3n) is 3.57. The number of amides is 1. The lowest BCUT2D eigenvalue weighted by atomic mass is 10.2. The molecule has 5 heteroatoms. The molecule has 1 fully saturated rings. The molecule has 2 rings (SSSR count). The van der Waals surface area contributed by atoms with Gasteiger partial charge < -0.3 is 20.5 Å². The first-order chi connectivity index (χ1) is 10.1. The minimum absolute atomic E-state index is 0.0138. The average Bonchev–Trinajstić information content (AvgIpc) is 2.96. The fourth-order valence-corrected chi connectivity index (χ4v) is 2.31. The minimum atomic E-state index is -0.375. The summed E-state index contributed by atoms with van der Waals surface area (Å²) in [7, 11) is 0. The quantitative estimate of drug-likeness (QED) is 0.831. The summed E-state index contributed by atoms with van der Waals surface area (Å²) in [5, 5.41) is 2.92. The molecule has 0 aliphatic carbocycles. The maximum atomic E-state index is 12.0. The molecule has 3 unspecified atom stereocenters. The average molecular weight is 292 g/mol. The first kappa shape index (κ1) is 15.8. The zero-order valence-electron chi connectivity index (χ0n) is 12.7. The van der Waals surface area contributed by atoms with Gasteiger partial charge in [-0.2, -0.15) is 0 Å². The largest absolute Gasteiger partial charge is 0.491 e. The van der Waals surface area contributed by atoms with Crippen molar-refractivity contribution in [1.82, 2.24) is 5.32 Å². The van der Waals surface area contributed by atoms with E-state index < -0.39 is 0 Å². The van der Waals surface area contributed by atoms with Crippen LogP contribution in [0.1, 0.15) is 25.3 Å². The highest BCUT2D eigenvalue weighted by molar-refractivity contribution is 5.81. The maximum absolute atomic E-state index is 12.0. The second kappa shape index (κ2) is 7.43. The van der Waals surface area contributed by atoms with E-state index in [9.17, 15) is 4.79 Å². The van der Waals surface area contributed by atoms with Gasteiger partial charge in [0.2, 0.25) is 5.91 Å². The van der Waals surface area contributed by atoms with E-state index in [-0.39, 0.29) is 24.2 Å². The van der Waals surface area contributed by atoms with E-state index in [1.807, 2.05) is 38.1 Å². The van der Waals surface area contributed by atoms with Gasteiger partial charge in [0.15, 0.2) is 0 Å². The SMILES string of the molecule is Cc1ccc(OCC(C)NC(=O)C2CCC(CN)O2)cc1. The number of nitrogens with one attached hydrogen (secondary N) is 1. The molecule has 1 aromatic rings. The van der Waals surface area contributed by atoms with Crippen LogP contribution in [0.4, 0.5) is 0 Å². The van der Waals surface area contributed by atoms with Gasteiger partial charge >= 0.3 is 0 Å². The van der Waals surface area contributed by atoms with E-state index >= 15 is 0 Å². The van der Waals surface area contributed by atoms with E-state index in [2.05, 4.69) is 5.32 Å². The Hall–Kier alpha value is -1.59. The molecule has 0 bridgehead atoms. The molecule has 1 amide bonds. The van der Waals surface area contributed by atoms with Crippen LogP contribution in [0.5, 0.6) is 5.75 Å². The summed E-state index contributed by atoms with van der Waals surface area (Å²) in [6.07, 6.45) is 1.22. The normalized spacial score (nSPS) is 22.8. The van der Waals surface area contributed by atoms with E-state index in [4.69, 9.17) is 15.2 Å². The Labute approximate surface area is 125 Å². The zero-order valence-corrected chi connectivity index (χ0v) is 12.7. The lowest BCUT2D eigenvalue weighted by molar-refractivity contribution is -0.132. The summed E-state index contributed by atoms with van der Waals surface area (Å²) in [5.41, 5.74) is 6.73. The van der Waals surface area contributed by atoms with Gasteiger partial charge in [0, 0.05) is 6.54 Å². The Bertz CT molecular complexity index is 461. The molecule has 1 saturated heterocycles. The van der Waals surface area contributed by atoms with Crippen molar-refractivity contribution in [3.05, 3.63) is 29.8 Å². The Kier molecular flexibility index (Phi) is 5.59. The molecule has 0 spiro atoms. The Morgan fingerprint density at radius 2 is 2.14 bits per heavy atom. The molecular formula is C16H24N2O3. The smallest absolute Gasteiger partial charge is 0.249 e. The van der Waals surface area contributed by atoms with E-state index in [0.717, 1.165) is 18.6 Å². The van der Waals surface area contributed by atoms with Crippen LogP contribution in [0, 0.1) is 6.92 Å². The Morgan fingerprint density at radius 1 is 1.43 bits per heavy atom. The van der Waals surface area contributed by atoms with E-state index in [1.54, 1.807) is 0 Å². The van der Waals surface area contributed by atoms with Crippen molar-refractivity contribution >= 4 is 5.91 Å². The number of aryl methyl sites for hydroxylation is 1. The minimum Gasteiger partial charge on any atom is -0.491 e. The van der Waals surface area contributed by atoms with E-state index in [1.165, 1.54) is 5.56 Å². The molecule has 3 N–H and O–H groups in total. The summed E-state index contributed by atoms with van der Waals surface area (Å²) in [6.45, 7) is 4.85. The number of carbonyl (C=O) groups excluding carboxylic acids is 1. The molecule has 1 aliphatic heterocycles. The monoisotopic (exact) mass is 292 g/mol. The second-order valence-corrected chi connectivity index (χ2v) is 5.59. The van der Waals surface area contributed by atoms with Crippen LogP contribution in [-0.2, 0) is 9.53 Å². The topological polar surface area (TPSA) is 73.6 Å². The second-order valence-electron chi connectivity index (χ2n) is 5.59. The van der Waals surface area contributed by atoms with Gasteiger partial charge in [-0.1, -0.05) is 17.7 Å². The van der Waals surface area contributed by atoms with Crippen LogP contribution in [0.15, 0.2) is 24.3 Å². The van der Waals surface area contributed by atoms with E-state index in [0.29, 0.717) is 13.2 Å². The Morgan fingerprint density at radius 3 is 2.76 bits per heavy atom. The van der Waals surface area contributed by atoms with Crippen molar-refractivity contribution in [1.29, 1.82) is 0 Å². The molecule has 1 aliphatic rings. The Balaban J connectivity index is 1.72. The lowest BCUT2D eigenvalue weighted by Crippen LogP contribution is -2.43. The third kappa shape index (κ3) is 4.72. The summed E-state index contributed by atoms with van der Waals surface area (Å²) < 4.78 is 11.2. The first-order valence-corrected chi connectivity index (χ1v) is 7.44. The molecule has 5 nitrogen and oxygen atoms in total. The predicted molar refractivity (Wildman–Crippen MR) is 81.2 cm³/mol. The summed E-state index contributed by atoms with van der Waals surface area (Å²) >= 11 is 0. The molecule has 3 atom stereocenters. The van der Waals surface area contributed by atoms with Gasteiger partial charge in [-0.3, -0.25) is 4.79 Å². The first-order valence-electron chi connectivity index (χ1n) is 7.44. The van der Waals surface area contributed by atoms with Crippen molar-refractivity contribution in [3.63, 3.8) is 0 Å². The molecule has 0 radical (unpaired) electrons. The van der Waals surface area contributed by atoms with Crippen LogP contribution in [0.2, 0.25) is 0 Å². The zero-order chi connectivity index (χ0) is 15.2. The number of carbonyl (C=O) groups is 1. The van der Waals surface area contributed by atoms with Crippen LogP contribution < -0.4 is 15.8 Å². The van der Waals surface area contributed by atoms with Crippen molar-refractivity contribution in [2.45, 2.75) is 44.9 Å². The van der Waals surface area contributed by atoms with Gasteiger partial charge in [-0.25, -0.2) is 0 Å². The van der Waals surface area contributed by atoms with Crippen molar-refractivity contribution in [2.24, 2.45) is 5.73 Å². The number of ether oxygens (including phenoxy) is 2. The number of nitrogens with two attached hydrogens (primary N) is 1. The number of hydrogen-bond acceptors (Lipinski definition) is 4. The highest BCUT2D eigenvalue weighted by Crippen LogP contribution is 2.19. The maximum Gasteiger partial charge on any atom is 0.249 e. The summed E-state index contributed by atoms with van der Waals surface area (Å²) in [6, 6.07) is 7.78. The molecule has 116 valence electrons.